The Hall–Kier alpha value is -2.10. The second-order valence-corrected chi connectivity index (χ2v) is 5.92. The minimum Gasteiger partial charge on any atom is -0.367 e. The van der Waals surface area contributed by atoms with Crippen LogP contribution in [-0.4, -0.2) is 22.1 Å². The maximum Gasteiger partial charge on any atom is 0.134 e. The normalized spacial score (nSPS) is 12.2. The van der Waals surface area contributed by atoms with E-state index in [0.717, 1.165) is 24.6 Å². The summed E-state index contributed by atoms with van der Waals surface area (Å²) in [5.41, 5.74) is 1.28. The smallest absolute Gasteiger partial charge is 0.134 e. The number of anilines is 2. The molecular formula is C18H26N4. The third-order valence-corrected chi connectivity index (χ3v) is 3.77. The molecule has 0 aliphatic heterocycles. The number of rotatable bonds is 7. The molecule has 1 unspecified atom stereocenters. The Bertz CT molecular complexity index is 568. The van der Waals surface area contributed by atoms with Crippen LogP contribution in [0.25, 0.3) is 0 Å². The summed E-state index contributed by atoms with van der Waals surface area (Å²) in [5.74, 6) is 1.85. The van der Waals surface area contributed by atoms with E-state index < -0.39 is 0 Å². The van der Waals surface area contributed by atoms with Crippen molar-refractivity contribution in [2.45, 2.75) is 52.7 Å². The molecule has 1 N–H and O–H groups in total. The van der Waals surface area contributed by atoms with Gasteiger partial charge in [-0.1, -0.05) is 37.3 Å². The van der Waals surface area contributed by atoms with Crippen LogP contribution in [0.3, 0.4) is 0 Å². The van der Waals surface area contributed by atoms with E-state index in [2.05, 4.69) is 72.1 Å². The molecule has 2 aromatic rings. The summed E-state index contributed by atoms with van der Waals surface area (Å²) in [7, 11) is 0. The monoisotopic (exact) mass is 298 g/mol. The van der Waals surface area contributed by atoms with E-state index in [4.69, 9.17) is 0 Å². The van der Waals surface area contributed by atoms with Crippen molar-refractivity contribution < 1.29 is 0 Å². The quantitative estimate of drug-likeness (QED) is 0.835. The van der Waals surface area contributed by atoms with Crippen LogP contribution >= 0.6 is 0 Å². The van der Waals surface area contributed by atoms with Gasteiger partial charge in [-0.15, -0.1) is 0 Å². The SMILES string of the molecule is CCC(C)Nc1cc(N(Cc2ccccc2)C(C)C)ncn1. The molecule has 1 heterocycles. The average Bonchev–Trinajstić information content (AvgIpc) is 2.53. The van der Waals surface area contributed by atoms with Gasteiger partial charge < -0.3 is 10.2 Å². The molecule has 0 saturated carbocycles. The molecular weight excluding hydrogens is 272 g/mol. The van der Waals surface area contributed by atoms with Crippen molar-refractivity contribution in [2.75, 3.05) is 10.2 Å². The standard InChI is InChI=1S/C18H26N4/c1-5-15(4)21-17-11-18(20-13-19-17)22(14(2)3)12-16-9-7-6-8-10-16/h6-11,13-15H,5,12H2,1-4H3,(H,19,20,21). The zero-order chi connectivity index (χ0) is 15.9. The number of nitrogens with zero attached hydrogens (tertiary/aromatic N) is 3. The zero-order valence-electron chi connectivity index (χ0n) is 14.0. The molecule has 0 aliphatic rings. The Kier molecular flexibility index (Phi) is 5.75. The second kappa shape index (κ2) is 7.78. The van der Waals surface area contributed by atoms with Crippen molar-refractivity contribution in [3.8, 4) is 0 Å². The lowest BCUT2D eigenvalue weighted by Crippen LogP contribution is -2.31. The predicted molar refractivity (Wildman–Crippen MR) is 93.2 cm³/mol. The molecule has 2 rings (SSSR count). The van der Waals surface area contributed by atoms with Gasteiger partial charge in [0, 0.05) is 24.7 Å². The minimum atomic E-state index is 0.367. The van der Waals surface area contributed by atoms with Crippen molar-refractivity contribution in [3.63, 3.8) is 0 Å². The van der Waals surface area contributed by atoms with E-state index in [0.29, 0.717) is 12.1 Å². The van der Waals surface area contributed by atoms with Gasteiger partial charge in [0.25, 0.3) is 0 Å². The van der Waals surface area contributed by atoms with Crippen LogP contribution in [0.2, 0.25) is 0 Å². The molecule has 0 spiro atoms. The van der Waals surface area contributed by atoms with Gasteiger partial charge in [-0.25, -0.2) is 9.97 Å². The summed E-state index contributed by atoms with van der Waals surface area (Å²) < 4.78 is 0. The Morgan fingerprint density at radius 2 is 1.82 bits per heavy atom. The Morgan fingerprint density at radius 1 is 1.09 bits per heavy atom. The highest BCUT2D eigenvalue weighted by atomic mass is 15.2. The molecule has 4 heteroatoms. The molecule has 0 amide bonds. The molecule has 0 fully saturated rings. The van der Waals surface area contributed by atoms with E-state index >= 15 is 0 Å². The molecule has 0 radical (unpaired) electrons. The lowest BCUT2D eigenvalue weighted by Gasteiger charge is -2.28. The fourth-order valence-corrected chi connectivity index (χ4v) is 2.25. The van der Waals surface area contributed by atoms with E-state index in [1.54, 1.807) is 6.33 Å². The molecule has 118 valence electrons. The maximum atomic E-state index is 4.47. The molecule has 1 atom stereocenters. The van der Waals surface area contributed by atoms with Crippen LogP contribution in [0, 0.1) is 0 Å². The van der Waals surface area contributed by atoms with Crippen LogP contribution in [-0.2, 0) is 6.54 Å². The largest absolute Gasteiger partial charge is 0.367 e. The number of hydrogen-bond acceptors (Lipinski definition) is 4. The highest BCUT2D eigenvalue weighted by molar-refractivity contribution is 5.49. The van der Waals surface area contributed by atoms with Gasteiger partial charge in [-0.2, -0.15) is 0 Å². The molecule has 1 aromatic carbocycles. The third kappa shape index (κ3) is 4.45. The number of benzene rings is 1. The van der Waals surface area contributed by atoms with E-state index in [1.807, 2.05) is 12.1 Å². The van der Waals surface area contributed by atoms with Crippen molar-refractivity contribution in [1.29, 1.82) is 0 Å². The number of nitrogens with one attached hydrogen (secondary N) is 1. The van der Waals surface area contributed by atoms with Crippen molar-refractivity contribution in [3.05, 3.63) is 48.3 Å². The van der Waals surface area contributed by atoms with Crippen LogP contribution in [0.4, 0.5) is 11.6 Å². The predicted octanol–water partition coefficient (Wildman–Crippen LogP) is 4.10. The first-order chi connectivity index (χ1) is 10.6. The minimum absolute atomic E-state index is 0.367. The summed E-state index contributed by atoms with van der Waals surface area (Å²) >= 11 is 0. The van der Waals surface area contributed by atoms with Crippen LogP contribution in [0.5, 0.6) is 0 Å². The summed E-state index contributed by atoms with van der Waals surface area (Å²) in [5, 5.41) is 3.41. The van der Waals surface area contributed by atoms with Crippen molar-refractivity contribution in [1.82, 2.24) is 9.97 Å². The van der Waals surface area contributed by atoms with Gasteiger partial charge in [0.05, 0.1) is 0 Å². The Morgan fingerprint density at radius 3 is 2.45 bits per heavy atom. The van der Waals surface area contributed by atoms with Crippen molar-refractivity contribution in [2.24, 2.45) is 0 Å². The molecule has 22 heavy (non-hydrogen) atoms. The van der Waals surface area contributed by atoms with Gasteiger partial charge in [-0.3, -0.25) is 0 Å². The first-order valence-corrected chi connectivity index (χ1v) is 7.99. The lowest BCUT2D eigenvalue weighted by molar-refractivity contribution is 0.670. The average molecular weight is 298 g/mol. The molecule has 0 saturated heterocycles. The van der Waals surface area contributed by atoms with Crippen LogP contribution in [0.15, 0.2) is 42.7 Å². The second-order valence-electron chi connectivity index (χ2n) is 5.92. The summed E-state index contributed by atoms with van der Waals surface area (Å²) in [6.45, 7) is 9.54. The summed E-state index contributed by atoms with van der Waals surface area (Å²) in [6, 6.07) is 13.3. The number of aromatic nitrogens is 2. The molecule has 4 nitrogen and oxygen atoms in total. The number of hydrogen-bond donors (Lipinski definition) is 1. The lowest BCUT2D eigenvalue weighted by atomic mass is 10.2. The highest BCUT2D eigenvalue weighted by Gasteiger charge is 2.14. The molecule has 1 aromatic heterocycles. The van der Waals surface area contributed by atoms with Gasteiger partial charge in [0.2, 0.25) is 0 Å². The van der Waals surface area contributed by atoms with E-state index in [1.165, 1.54) is 5.56 Å². The highest BCUT2D eigenvalue weighted by Crippen LogP contribution is 2.20. The van der Waals surface area contributed by atoms with E-state index in [9.17, 15) is 0 Å². The first kappa shape index (κ1) is 16.3. The van der Waals surface area contributed by atoms with Crippen LogP contribution < -0.4 is 10.2 Å². The third-order valence-electron chi connectivity index (χ3n) is 3.77. The topological polar surface area (TPSA) is 41.0 Å². The molecule has 0 bridgehead atoms. The fraction of sp³-hybridized carbons (Fsp3) is 0.444. The Labute approximate surface area is 133 Å². The van der Waals surface area contributed by atoms with Gasteiger partial charge >= 0.3 is 0 Å². The van der Waals surface area contributed by atoms with Gasteiger partial charge in [0.1, 0.15) is 18.0 Å². The van der Waals surface area contributed by atoms with Gasteiger partial charge in [-0.05, 0) is 32.8 Å². The van der Waals surface area contributed by atoms with Crippen LogP contribution in [0.1, 0.15) is 39.7 Å². The van der Waals surface area contributed by atoms with Crippen molar-refractivity contribution >= 4 is 11.6 Å². The maximum absolute atomic E-state index is 4.47. The summed E-state index contributed by atoms with van der Waals surface area (Å²) in [4.78, 5) is 11.1. The molecule has 0 aliphatic carbocycles. The summed E-state index contributed by atoms with van der Waals surface area (Å²) in [6.07, 6.45) is 2.71. The Balaban J connectivity index is 2.19. The van der Waals surface area contributed by atoms with E-state index in [-0.39, 0.29) is 0 Å². The first-order valence-electron chi connectivity index (χ1n) is 7.99. The van der Waals surface area contributed by atoms with Gasteiger partial charge in [0.15, 0.2) is 0 Å². The zero-order valence-corrected chi connectivity index (χ0v) is 14.0. The fourth-order valence-electron chi connectivity index (χ4n) is 2.25.